The first kappa shape index (κ1) is 32.6. The minimum Gasteiger partial charge on any atom is -0.494 e. The summed E-state index contributed by atoms with van der Waals surface area (Å²) in [6.07, 6.45) is 1.42. The molecule has 0 radical (unpaired) electrons. The molecule has 0 fully saturated rings. The van der Waals surface area contributed by atoms with Crippen LogP contribution in [0, 0.1) is 17.0 Å². The predicted octanol–water partition coefficient (Wildman–Crippen LogP) is 9.18. The number of ether oxygens (including phenoxy) is 2. The zero-order valence-corrected chi connectivity index (χ0v) is 28.5. The van der Waals surface area contributed by atoms with Crippen molar-refractivity contribution in [2.75, 3.05) is 6.61 Å². The van der Waals surface area contributed by atoms with E-state index in [1.54, 1.807) is 24.3 Å². The van der Waals surface area contributed by atoms with E-state index < -0.39 is 4.92 Å². The van der Waals surface area contributed by atoms with Gasteiger partial charge in [-0.2, -0.15) is 9.78 Å². The molecule has 6 aromatic rings. The lowest BCUT2D eigenvalue weighted by Gasteiger charge is -2.18. The first-order chi connectivity index (χ1) is 23.2. The lowest BCUT2D eigenvalue weighted by Crippen LogP contribution is -2.21. The van der Waals surface area contributed by atoms with Crippen LogP contribution in [0.4, 0.5) is 5.69 Å². The first-order valence-corrected chi connectivity index (χ1v) is 16.4. The number of hydrogen-bond acceptors (Lipinski definition) is 7. The standard InChI is InChI=1S/C38H33BrN4O5/c1-5-47-35-17-24(4)31(20-30(35)23(2)3)37-41-33-16-9-8-15-29(33)38(44)42(37)40-21-25-18-32(39)36(34(19-25)43(45)46)48-22-27-13-10-12-26-11-6-7-14-28(26)27/h6-21,23H,5,22H2,1-4H3. The third-order valence-corrected chi connectivity index (χ3v) is 8.68. The van der Waals surface area contributed by atoms with Crippen LogP contribution in [0.1, 0.15) is 48.9 Å². The number of aryl methyl sites for hydroxylation is 1. The Morgan fingerprint density at radius 2 is 1.71 bits per heavy atom. The summed E-state index contributed by atoms with van der Waals surface area (Å²) in [4.78, 5) is 30.5. The maximum absolute atomic E-state index is 13.9. The van der Waals surface area contributed by atoms with Crippen molar-refractivity contribution in [2.45, 2.75) is 40.2 Å². The van der Waals surface area contributed by atoms with E-state index in [9.17, 15) is 14.9 Å². The highest BCUT2D eigenvalue weighted by molar-refractivity contribution is 9.10. The van der Waals surface area contributed by atoms with Gasteiger partial charge in [0.15, 0.2) is 5.82 Å². The molecule has 242 valence electrons. The fourth-order valence-corrected chi connectivity index (χ4v) is 6.30. The maximum atomic E-state index is 13.9. The van der Waals surface area contributed by atoms with Gasteiger partial charge in [-0.05, 0) is 93.5 Å². The van der Waals surface area contributed by atoms with E-state index in [0.29, 0.717) is 33.4 Å². The van der Waals surface area contributed by atoms with Gasteiger partial charge in [-0.1, -0.05) is 68.4 Å². The minimum absolute atomic E-state index is 0.0986. The van der Waals surface area contributed by atoms with Crippen LogP contribution in [0.3, 0.4) is 0 Å². The smallest absolute Gasteiger partial charge is 0.312 e. The molecule has 1 aromatic heterocycles. The largest absolute Gasteiger partial charge is 0.494 e. The summed E-state index contributed by atoms with van der Waals surface area (Å²) in [5, 5.41) is 19.3. The topological polar surface area (TPSA) is 109 Å². The van der Waals surface area contributed by atoms with Crippen LogP contribution in [0.5, 0.6) is 11.5 Å². The average molecular weight is 706 g/mol. The lowest BCUT2D eigenvalue weighted by atomic mass is 9.96. The highest BCUT2D eigenvalue weighted by Crippen LogP contribution is 2.38. The number of para-hydroxylation sites is 1. The van der Waals surface area contributed by atoms with Gasteiger partial charge in [0.2, 0.25) is 5.75 Å². The second kappa shape index (κ2) is 13.8. The second-order valence-electron chi connectivity index (χ2n) is 11.6. The quantitative estimate of drug-likeness (QED) is 0.0799. The first-order valence-electron chi connectivity index (χ1n) is 15.6. The third-order valence-electron chi connectivity index (χ3n) is 8.09. The molecule has 0 aliphatic heterocycles. The highest BCUT2D eigenvalue weighted by Gasteiger charge is 2.22. The van der Waals surface area contributed by atoms with Gasteiger partial charge >= 0.3 is 5.69 Å². The van der Waals surface area contributed by atoms with Gasteiger partial charge in [-0.15, -0.1) is 0 Å². The highest BCUT2D eigenvalue weighted by atomic mass is 79.9. The van der Waals surface area contributed by atoms with Gasteiger partial charge in [0.25, 0.3) is 5.56 Å². The molecule has 0 aliphatic carbocycles. The maximum Gasteiger partial charge on any atom is 0.312 e. The van der Waals surface area contributed by atoms with E-state index in [2.05, 4.69) is 34.9 Å². The van der Waals surface area contributed by atoms with Crippen molar-refractivity contribution in [1.82, 2.24) is 9.66 Å². The molecule has 1 heterocycles. The minimum atomic E-state index is -0.494. The van der Waals surface area contributed by atoms with Gasteiger partial charge in [0.05, 0.1) is 33.1 Å². The lowest BCUT2D eigenvalue weighted by molar-refractivity contribution is -0.386. The summed E-state index contributed by atoms with van der Waals surface area (Å²) in [5.74, 6) is 1.38. The number of aromatic nitrogens is 2. The van der Waals surface area contributed by atoms with Gasteiger partial charge in [-0.3, -0.25) is 14.9 Å². The van der Waals surface area contributed by atoms with Crippen molar-refractivity contribution < 1.29 is 14.4 Å². The number of fused-ring (bicyclic) bond motifs is 2. The van der Waals surface area contributed by atoms with Gasteiger partial charge in [0.1, 0.15) is 12.4 Å². The van der Waals surface area contributed by atoms with Crippen molar-refractivity contribution in [3.05, 3.63) is 138 Å². The third kappa shape index (κ3) is 6.44. The summed E-state index contributed by atoms with van der Waals surface area (Å²) < 4.78 is 13.6. The molecule has 0 aliphatic rings. The van der Waals surface area contributed by atoms with Gasteiger partial charge in [0, 0.05) is 17.2 Å². The zero-order chi connectivity index (χ0) is 33.9. The number of benzene rings is 5. The number of nitrogens with zero attached hydrogens (tertiary/aromatic N) is 4. The normalized spacial score (nSPS) is 11.5. The van der Waals surface area contributed by atoms with E-state index in [1.165, 1.54) is 17.0 Å². The van der Waals surface area contributed by atoms with Crippen LogP contribution in [0.25, 0.3) is 33.1 Å². The number of hydrogen-bond donors (Lipinski definition) is 0. The molecule has 6 rings (SSSR count). The summed E-state index contributed by atoms with van der Waals surface area (Å²) >= 11 is 3.48. The summed E-state index contributed by atoms with van der Waals surface area (Å²) in [5.41, 5.74) is 3.80. The van der Waals surface area contributed by atoms with Crippen molar-refractivity contribution in [2.24, 2.45) is 5.10 Å². The molecule has 0 atom stereocenters. The SMILES string of the molecule is CCOc1cc(C)c(-c2nc3ccccc3c(=O)n2N=Cc2cc(Br)c(OCc3cccc4ccccc34)c([N+](=O)[O-])c2)cc1C(C)C. The molecule has 0 saturated heterocycles. The van der Waals surface area contributed by atoms with Crippen LogP contribution in [-0.4, -0.2) is 27.4 Å². The Bertz CT molecular complexity index is 2270. The van der Waals surface area contributed by atoms with Crippen LogP contribution in [-0.2, 0) is 6.61 Å². The average Bonchev–Trinajstić information content (AvgIpc) is 3.07. The van der Waals surface area contributed by atoms with Crippen molar-refractivity contribution in [1.29, 1.82) is 0 Å². The Hall–Kier alpha value is -5.35. The number of halogens is 1. The molecule has 0 saturated carbocycles. The Balaban J connectivity index is 1.42. The van der Waals surface area contributed by atoms with E-state index in [4.69, 9.17) is 14.5 Å². The van der Waals surface area contributed by atoms with Crippen molar-refractivity contribution >= 4 is 49.5 Å². The van der Waals surface area contributed by atoms with Crippen LogP contribution in [0.2, 0.25) is 0 Å². The van der Waals surface area contributed by atoms with E-state index in [-0.39, 0.29) is 29.5 Å². The number of nitro groups is 1. The fourth-order valence-electron chi connectivity index (χ4n) is 5.72. The monoisotopic (exact) mass is 704 g/mol. The molecule has 0 bridgehead atoms. The van der Waals surface area contributed by atoms with E-state index in [1.807, 2.05) is 74.5 Å². The Morgan fingerprint density at radius 3 is 2.46 bits per heavy atom. The molecule has 0 N–H and O–H groups in total. The summed E-state index contributed by atoms with van der Waals surface area (Å²) in [7, 11) is 0. The fraction of sp³-hybridized carbons (Fsp3) is 0.184. The molecule has 0 unspecified atom stereocenters. The van der Waals surface area contributed by atoms with Crippen molar-refractivity contribution in [3.8, 4) is 22.9 Å². The molecule has 5 aromatic carbocycles. The van der Waals surface area contributed by atoms with Crippen LogP contribution in [0.15, 0.2) is 105 Å². The molecule has 0 spiro atoms. The Kier molecular flexibility index (Phi) is 9.36. The van der Waals surface area contributed by atoms with Crippen molar-refractivity contribution in [3.63, 3.8) is 0 Å². The number of nitro benzene ring substituents is 1. The van der Waals surface area contributed by atoms with E-state index >= 15 is 0 Å². The van der Waals surface area contributed by atoms with Crippen LogP contribution < -0.4 is 15.0 Å². The molecule has 48 heavy (non-hydrogen) atoms. The summed E-state index contributed by atoms with van der Waals surface area (Å²) in [6.45, 7) is 8.70. The predicted molar refractivity (Wildman–Crippen MR) is 194 cm³/mol. The van der Waals surface area contributed by atoms with Gasteiger partial charge < -0.3 is 9.47 Å². The summed E-state index contributed by atoms with van der Waals surface area (Å²) in [6, 6.07) is 27.9. The Morgan fingerprint density at radius 1 is 0.979 bits per heavy atom. The van der Waals surface area contributed by atoms with Gasteiger partial charge in [-0.25, -0.2) is 4.98 Å². The Labute approximate surface area is 285 Å². The molecule has 0 amide bonds. The van der Waals surface area contributed by atoms with Crippen LogP contribution >= 0.6 is 15.9 Å². The molecular formula is C38H33BrN4O5. The molecular weight excluding hydrogens is 672 g/mol. The number of rotatable bonds is 10. The second-order valence-corrected chi connectivity index (χ2v) is 12.5. The van der Waals surface area contributed by atoms with E-state index in [0.717, 1.165) is 38.8 Å². The molecule has 10 heteroatoms. The molecule has 9 nitrogen and oxygen atoms in total. The zero-order valence-electron chi connectivity index (χ0n) is 26.9.